The van der Waals surface area contributed by atoms with Crippen LogP contribution in [0.25, 0.3) is 21.8 Å². The molecule has 0 aliphatic carbocycles. The highest BCUT2D eigenvalue weighted by molar-refractivity contribution is 6.09. The third-order valence-corrected chi connectivity index (χ3v) is 12.2. The number of Topliss-reactive ketones (excluding diaryl/α,β-unsaturated/α-hetero) is 2. The number of ketones is 2. The van der Waals surface area contributed by atoms with Crippen molar-refractivity contribution in [3.63, 3.8) is 0 Å². The Balaban J connectivity index is 1.05. The number of amides is 4. The van der Waals surface area contributed by atoms with Crippen LogP contribution < -0.4 is 10.6 Å². The van der Waals surface area contributed by atoms with Crippen LogP contribution in [0.5, 0.6) is 0 Å². The van der Waals surface area contributed by atoms with Gasteiger partial charge in [-0.2, -0.15) is 0 Å². The van der Waals surface area contributed by atoms with Gasteiger partial charge in [0.15, 0.2) is 11.6 Å². The molecule has 4 aromatic carbocycles. The number of benzene rings is 4. The SMILES string of the molecule is COC(=O)N[C@@H](C(=O)N1CCC[C@H]1C(=O)Cc1ccc2c3ccc(CC(=O)[C@@H]4CCCN4C(=O)[C@H](NC(C)=O)c4ccccc4)cc3n(Cc3cccnc3)c2c1)c1ccccc1. The van der Waals surface area contributed by atoms with E-state index in [2.05, 4.69) is 20.2 Å². The highest BCUT2D eigenvalue weighted by atomic mass is 16.5. The van der Waals surface area contributed by atoms with Crippen LogP contribution in [0.15, 0.2) is 122 Å². The molecule has 2 N–H and O–H groups in total. The van der Waals surface area contributed by atoms with Crippen molar-refractivity contribution in [1.29, 1.82) is 0 Å². The zero-order valence-electron chi connectivity index (χ0n) is 35.4. The second kappa shape index (κ2) is 18.9. The highest BCUT2D eigenvalue weighted by Crippen LogP contribution is 2.33. The Hall–Kier alpha value is -7.15. The van der Waals surface area contributed by atoms with Gasteiger partial charge in [0.25, 0.3) is 5.91 Å². The standard InChI is InChI=1S/C50H50N6O7/c1-32(57)52-46(36-13-5-3-6-14-36)48(60)54-24-10-17-40(54)44(58)28-33-19-21-38-39-22-20-34(27-43(39)56(42(38)26-33)31-35-12-9-23-51-30-35)29-45(59)41-18-11-25-55(41)49(61)47(53-50(62)63-2)37-15-7-4-8-16-37/h3-9,12-16,19-23,26-27,30,40-41,46-47H,10-11,17-18,24-25,28-29,31H2,1-2H3,(H,52,57)(H,53,62)/t40-,41-,46+,47+/m0/s1. The number of ether oxygens (including phenoxy) is 1. The predicted molar refractivity (Wildman–Crippen MR) is 237 cm³/mol. The lowest BCUT2D eigenvalue weighted by Gasteiger charge is -2.28. The average molecular weight is 847 g/mol. The van der Waals surface area contributed by atoms with Gasteiger partial charge in [-0.3, -0.25) is 29.0 Å². The molecular formula is C50H50N6O7. The number of hydrogen-bond donors (Lipinski definition) is 2. The first kappa shape index (κ1) is 42.5. The summed E-state index contributed by atoms with van der Waals surface area (Å²) in [6, 6.07) is 30.8. The van der Waals surface area contributed by atoms with Crippen LogP contribution in [-0.2, 0) is 48.1 Å². The van der Waals surface area contributed by atoms with Gasteiger partial charge < -0.3 is 29.7 Å². The zero-order chi connectivity index (χ0) is 44.0. The first-order valence-corrected chi connectivity index (χ1v) is 21.4. The van der Waals surface area contributed by atoms with E-state index in [-0.39, 0.29) is 42.1 Å². The van der Waals surface area contributed by atoms with E-state index in [1.165, 1.54) is 14.0 Å². The number of hydrogen-bond acceptors (Lipinski definition) is 8. The summed E-state index contributed by atoms with van der Waals surface area (Å²) < 4.78 is 7.01. The van der Waals surface area contributed by atoms with Gasteiger partial charge in [0.05, 0.1) is 19.2 Å². The van der Waals surface area contributed by atoms with E-state index < -0.39 is 30.3 Å². The number of methoxy groups -OCH3 is 1. The highest BCUT2D eigenvalue weighted by Gasteiger charge is 2.39. The fourth-order valence-electron chi connectivity index (χ4n) is 9.20. The molecule has 2 fully saturated rings. The fourth-order valence-corrected chi connectivity index (χ4v) is 9.20. The van der Waals surface area contributed by atoms with Crippen molar-refractivity contribution in [2.45, 2.75) is 76.2 Å². The monoisotopic (exact) mass is 846 g/mol. The second-order valence-corrected chi connectivity index (χ2v) is 16.3. The molecule has 6 aromatic rings. The van der Waals surface area contributed by atoms with Crippen LogP contribution in [0.3, 0.4) is 0 Å². The molecule has 4 atom stereocenters. The Morgan fingerprint density at radius 1 is 0.651 bits per heavy atom. The van der Waals surface area contributed by atoms with E-state index >= 15 is 0 Å². The van der Waals surface area contributed by atoms with E-state index in [1.54, 1.807) is 52.4 Å². The van der Waals surface area contributed by atoms with E-state index in [0.717, 1.165) is 38.5 Å². The fraction of sp³-hybridized carbons (Fsp3) is 0.300. The summed E-state index contributed by atoms with van der Waals surface area (Å²) in [5.74, 6) is -1.15. The summed E-state index contributed by atoms with van der Waals surface area (Å²) in [7, 11) is 1.24. The molecule has 322 valence electrons. The molecule has 2 aromatic heterocycles. The van der Waals surface area contributed by atoms with E-state index in [1.807, 2.05) is 79.0 Å². The minimum absolute atomic E-state index is 0.0684. The Morgan fingerprint density at radius 3 is 1.62 bits per heavy atom. The molecule has 2 saturated heterocycles. The maximum absolute atomic E-state index is 14.1. The van der Waals surface area contributed by atoms with Crippen LogP contribution in [0, 0.1) is 0 Å². The number of rotatable bonds is 14. The molecular weight excluding hydrogens is 797 g/mol. The van der Waals surface area contributed by atoms with Crippen LogP contribution in [0.1, 0.15) is 72.5 Å². The number of pyridine rings is 1. The van der Waals surface area contributed by atoms with Crippen molar-refractivity contribution in [3.8, 4) is 0 Å². The molecule has 8 rings (SSSR count). The molecule has 2 aliphatic rings. The number of nitrogens with one attached hydrogen (secondary N) is 2. The molecule has 0 saturated carbocycles. The van der Waals surface area contributed by atoms with Gasteiger partial charge in [-0.25, -0.2) is 4.79 Å². The van der Waals surface area contributed by atoms with Crippen molar-refractivity contribution < 1.29 is 33.5 Å². The summed E-state index contributed by atoms with van der Waals surface area (Å²) >= 11 is 0. The van der Waals surface area contributed by atoms with Crippen LogP contribution in [0.4, 0.5) is 4.79 Å². The number of nitrogens with zero attached hydrogens (tertiary/aromatic N) is 4. The van der Waals surface area contributed by atoms with Crippen molar-refractivity contribution >= 4 is 57.2 Å². The summed E-state index contributed by atoms with van der Waals surface area (Å²) in [5, 5.41) is 7.42. The molecule has 13 nitrogen and oxygen atoms in total. The van der Waals surface area contributed by atoms with Gasteiger partial charge in [0.1, 0.15) is 12.1 Å². The third kappa shape index (κ3) is 9.23. The Kier molecular flexibility index (Phi) is 12.7. The minimum atomic E-state index is -1.01. The van der Waals surface area contributed by atoms with Gasteiger partial charge in [-0.05, 0) is 71.7 Å². The number of likely N-dealkylation sites (tertiary alicyclic amines) is 2. The van der Waals surface area contributed by atoms with Crippen molar-refractivity contribution in [2.75, 3.05) is 20.2 Å². The topological polar surface area (TPSA) is 160 Å². The quantitative estimate of drug-likeness (QED) is 0.127. The number of alkyl carbamates (subject to hydrolysis) is 1. The van der Waals surface area contributed by atoms with Gasteiger partial charge >= 0.3 is 6.09 Å². The zero-order valence-corrected chi connectivity index (χ0v) is 35.4. The first-order chi connectivity index (χ1) is 30.6. The Morgan fingerprint density at radius 2 is 1.16 bits per heavy atom. The number of fused-ring (bicyclic) bond motifs is 3. The molecule has 63 heavy (non-hydrogen) atoms. The van der Waals surface area contributed by atoms with Crippen LogP contribution >= 0.6 is 0 Å². The third-order valence-electron chi connectivity index (χ3n) is 12.2. The number of carbonyl (C=O) groups is 6. The molecule has 0 bridgehead atoms. The predicted octanol–water partition coefficient (Wildman–Crippen LogP) is 6.42. The van der Waals surface area contributed by atoms with Crippen molar-refractivity contribution in [2.24, 2.45) is 0 Å². The summed E-state index contributed by atoms with van der Waals surface area (Å²) in [4.78, 5) is 88.3. The minimum Gasteiger partial charge on any atom is -0.453 e. The van der Waals surface area contributed by atoms with E-state index in [9.17, 15) is 28.8 Å². The van der Waals surface area contributed by atoms with Gasteiger partial charge in [-0.1, -0.05) is 91.0 Å². The second-order valence-electron chi connectivity index (χ2n) is 16.3. The largest absolute Gasteiger partial charge is 0.453 e. The van der Waals surface area contributed by atoms with Gasteiger partial charge in [-0.15, -0.1) is 0 Å². The first-order valence-electron chi connectivity index (χ1n) is 21.4. The summed E-state index contributed by atoms with van der Waals surface area (Å²) in [6.07, 6.45) is 5.42. The summed E-state index contributed by atoms with van der Waals surface area (Å²) in [6.45, 7) is 2.68. The number of carbonyl (C=O) groups excluding carboxylic acids is 6. The molecule has 2 aliphatic heterocycles. The lowest BCUT2D eigenvalue weighted by atomic mass is 9.98. The molecule has 4 heterocycles. The van der Waals surface area contributed by atoms with E-state index in [0.29, 0.717) is 56.4 Å². The molecule has 4 amide bonds. The lowest BCUT2D eigenvalue weighted by Crippen LogP contribution is -2.47. The van der Waals surface area contributed by atoms with Gasteiger partial charge in [0.2, 0.25) is 11.8 Å². The molecule has 0 spiro atoms. The van der Waals surface area contributed by atoms with Crippen LogP contribution in [-0.4, -0.2) is 87.0 Å². The molecule has 0 unspecified atom stereocenters. The molecule has 13 heteroatoms. The Bertz CT molecular complexity index is 2670. The van der Waals surface area contributed by atoms with Gasteiger partial charge in [0, 0.05) is 73.6 Å². The smallest absolute Gasteiger partial charge is 0.407 e. The van der Waals surface area contributed by atoms with Crippen molar-refractivity contribution in [3.05, 3.63) is 149 Å². The number of aromatic nitrogens is 2. The van der Waals surface area contributed by atoms with Crippen molar-refractivity contribution in [1.82, 2.24) is 30.0 Å². The van der Waals surface area contributed by atoms with Crippen LogP contribution in [0.2, 0.25) is 0 Å². The van der Waals surface area contributed by atoms with E-state index in [4.69, 9.17) is 4.74 Å². The maximum atomic E-state index is 14.1. The summed E-state index contributed by atoms with van der Waals surface area (Å²) in [5.41, 5.74) is 5.65. The normalized spacial score (nSPS) is 17.0. The lowest BCUT2D eigenvalue weighted by molar-refractivity contribution is -0.140. The maximum Gasteiger partial charge on any atom is 0.407 e. The molecule has 0 radical (unpaired) electrons. The average Bonchev–Trinajstić information content (AvgIpc) is 4.07. The Labute approximate surface area is 365 Å².